The normalized spacial score (nSPS) is 40.9. The zero-order chi connectivity index (χ0) is 13.7. The molecule has 0 aromatic heterocycles. The van der Waals surface area contributed by atoms with Gasteiger partial charge in [-0.2, -0.15) is 13.2 Å². The van der Waals surface area contributed by atoms with E-state index < -0.39 is 18.2 Å². The van der Waals surface area contributed by atoms with Gasteiger partial charge in [-0.05, 0) is 43.4 Å². The lowest BCUT2D eigenvalue weighted by molar-refractivity contribution is -0.219. The molecule has 2 aliphatic carbocycles. The number of esters is 1. The van der Waals surface area contributed by atoms with Crippen LogP contribution >= 0.6 is 0 Å². The number of ether oxygens (including phenoxy) is 1. The molecule has 2 aliphatic rings. The number of halogens is 3. The Morgan fingerprint density at radius 2 is 1.83 bits per heavy atom. The van der Waals surface area contributed by atoms with E-state index in [-0.39, 0.29) is 11.8 Å². The van der Waals surface area contributed by atoms with Crippen LogP contribution in [0.5, 0.6) is 0 Å². The van der Waals surface area contributed by atoms with Gasteiger partial charge >= 0.3 is 12.1 Å². The fraction of sp³-hybridized carbons (Fsp3) is 0.923. The highest BCUT2D eigenvalue weighted by atomic mass is 19.4. The van der Waals surface area contributed by atoms with E-state index in [4.69, 9.17) is 0 Å². The fourth-order valence-electron chi connectivity index (χ4n) is 3.54. The minimum Gasteiger partial charge on any atom is -0.453 e. The van der Waals surface area contributed by atoms with Crippen molar-refractivity contribution in [3.8, 4) is 0 Å². The van der Waals surface area contributed by atoms with Crippen molar-refractivity contribution in [3.63, 3.8) is 0 Å². The molecule has 2 fully saturated rings. The van der Waals surface area contributed by atoms with E-state index >= 15 is 0 Å². The van der Waals surface area contributed by atoms with Crippen LogP contribution in [0.25, 0.3) is 0 Å². The van der Waals surface area contributed by atoms with E-state index in [9.17, 15) is 18.0 Å². The van der Waals surface area contributed by atoms with E-state index in [2.05, 4.69) is 18.6 Å². The molecule has 0 heterocycles. The van der Waals surface area contributed by atoms with E-state index in [1.54, 1.807) is 0 Å². The Labute approximate surface area is 105 Å². The maximum absolute atomic E-state index is 12.3. The van der Waals surface area contributed by atoms with Gasteiger partial charge in [-0.1, -0.05) is 13.8 Å². The lowest BCUT2D eigenvalue weighted by Crippen LogP contribution is -2.36. The Bertz CT molecular complexity index is 338. The van der Waals surface area contributed by atoms with Crippen LogP contribution in [0.1, 0.15) is 33.6 Å². The zero-order valence-electron chi connectivity index (χ0n) is 10.8. The smallest absolute Gasteiger partial charge is 0.425 e. The van der Waals surface area contributed by atoms with Crippen molar-refractivity contribution in [2.24, 2.45) is 29.6 Å². The van der Waals surface area contributed by atoms with Gasteiger partial charge in [0, 0.05) is 0 Å². The Morgan fingerprint density at radius 1 is 1.22 bits per heavy atom. The number of carbonyl (C=O) groups is 1. The molecular weight excluding hydrogens is 245 g/mol. The van der Waals surface area contributed by atoms with Gasteiger partial charge < -0.3 is 4.74 Å². The molecule has 0 radical (unpaired) electrons. The molecule has 0 aromatic carbocycles. The number of carbonyl (C=O) groups excluding carboxylic acids is 1. The molecule has 2 rings (SSSR count). The Kier molecular flexibility index (Phi) is 3.36. The summed E-state index contributed by atoms with van der Waals surface area (Å²) in [5, 5.41) is 0. The second-order valence-corrected chi connectivity index (χ2v) is 5.84. The molecule has 2 saturated carbocycles. The standard InChI is InChI=1S/C13H19F3O2/c1-6-7(2)10-4-9(6)5-11(10)12(17)18-8(3)13(14,15)16/h6-11H,4-5H2,1-3H3. The Balaban J connectivity index is 1.96. The molecule has 5 heteroatoms. The van der Waals surface area contributed by atoms with Gasteiger partial charge in [0.05, 0.1) is 5.92 Å². The molecule has 0 N–H and O–H groups in total. The minimum atomic E-state index is -4.47. The summed E-state index contributed by atoms with van der Waals surface area (Å²) in [5.41, 5.74) is 0. The van der Waals surface area contributed by atoms with E-state index in [0.717, 1.165) is 13.3 Å². The number of alkyl halides is 3. The highest BCUT2D eigenvalue weighted by Crippen LogP contribution is 2.55. The van der Waals surface area contributed by atoms with Crippen molar-refractivity contribution in [1.29, 1.82) is 0 Å². The molecule has 18 heavy (non-hydrogen) atoms. The maximum atomic E-state index is 12.3. The minimum absolute atomic E-state index is 0.206. The molecule has 2 nitrogen and oxygen atoms in total. The molecule has 2 bridgehead atoms. The third-order valence-corrected chi connectivity index (χ3v) is 4.95. The van der Waals surface area contributed by atoms with Crippen molar-refractivity contribution < 1.29 is 22.7 Å². The van der Waals surface area contributed by atoms with Crippen LogP contribution in [-0.2, 0) is 9.53 Å². The predicted molar refractivity (Wildman–Crippen MR) is 59.6 cm³/mol. The van der Waals surface area contributed by atoms with Crippen LogP contribution in [0.15, 0.2) is 0 Å². The van der Waals surface area contributed by atoms with Crippen LogP contribution in [0.4, 0.5) is 13.2 Å². The van der Waals surface area contributed by atoms with E-state index in [0.29, 0.717) is 24.2 Å². The summed E-state index contributed by atoms with van der Waals surface area (Å²) in [4.78, 5) is 11.8. The fourth-order valence-corrected chi connectivity index (χ4v) is 3.54. The van der Waals surface area contributed by atoms with Crippen molar-refractivity contribution >= 4 is 5.97 Å². The van der Waals surface area contributed by atoms with Crippen molar-refractivity contribution in [2.45, 2.75) is 45.9 Å². The second-order valence-electron chi connectivity index (χ2n) is 5.84. The van der Waals surface area contributed by atoms with Gasteiger partial charge in [-0.3, -0.25) is 4.79 Å². The lowest BCUT2D eigenvalue weighted by atomic mass is 9.76. The van der Waals surface area contributed by atoms with Gasteiger partial charge in [0.25, 0.3) is 0 Å². The second kappa shape index (κ2) is 4.42. The summed E-state index contributed by atoms with van der Waals surface area (Å²) < 4.78 is 41.6. The van der Waals surface area contributed by atoms with Gasteiger partial charge in [0.2, 0.25) is 0 Å². The van der Waals surface area contributed by atoms with Crippen LogP contribution < -0.4 is 0 Å². The summed E-state index contributed by atoms with van der Waals surface area (Å²) in [7, 11) is 0. The van der Waals surface area contributed by atoms with Gasteiger partial charge in [0.1, 0.15) is 0 Å². The monoisotopic (exact) mass is 264 g/mol. The van der Waals surface area contributed by atoms with Crippen LogP contribution in [0, 0.1) is 29.6 Å². The molecule has 104 valence electrons. The van der Waals surface area contributed by atoms with Gasteiger partial charge in [0.15, 0.2) is 6.10 Å². The first-order chi connectivity index (χ1) is 8.21. The average Bonchev–Trinajstić information content (AvgIpc) is 2.79. The predicted octanol–water partition coefficient (Wildman–Crippen LogP) is 3.41. The molecule has 0 saturated heterocycles. The SMILES string of the molecule is CC1C2CC(C(=O)OC(C)C(F)(F)F)C(C2)C1C. The summed E-state index contributed by atoms with van der Waals surface area (Å²) >= 11 is 0. The highest BCUT2D eigenvalue weighted by Gasteiger charge is 2.52. The van der Waals surface area contributed by atoms with Gasteiger partial charge in [-0.25, -0.2) is 0 Å². The molecule has 0 aromatic rings. The maximum Gasteiger partial charge on any atom is 0.425 e. The molecule has 0 aliphatic heterocycles. The lowest BCUT2D eigenvalue weighted by Gasteiger charge is -2.31. The summed E-state index contributed by atoms with van der Waals surface area (Å²) in [6.45, 7) is 5.13. The van der Waals surface area contributed by atoms with Crippen molar-refractivity contribution in [1.82, 2.24) is 0 Å². The molecule has 0 amide bonds. The average molecular weight is 264 g/mol. The number of hydrogen-bond acceptors (Lipinski definition) is 2. The van der Waals surface area contributed by atoms with Gasteiger partial charge in [-0.15, -0.1) is 0 Å². The summed E-state index contributed by atoms with van der Waals surface area (Å²) in [6.07, 6.45) is -4.81. The third-order valence-electron chi connectivity index (χ3n) is 4.95. The Morgan fingerprint density at radius 3 is 2.28 bits per heavy atom. The van der Waals surface area contributed by atoms with Crippen LogP contribution in [-0.4, -0.2) is 18.2 Å². The molecular formula is C13H19F3O2. The zero-order valence-corrected chi connectivity index (χ0v) is 10.8. The quantitative estimate of drug-likeness (QED) is 0.714. The molecule has 0 spiro atoms. The number of fused-ring (bicyclic) bond motifs is 2. The first-order valence-electron chi connectivity index (χ1n) is 6.49. The first kappa shape index (κ1) is 13.7. The Hall–Kier alpha value is -0.740. The molecule has 6 atom stereocenters. The summed E-state index contributed by atoms with van der Waals surface area (Å²) in [5.74, 6) is 0.667. The van der Waals surface area contributed by atoms with Crippen molar-refractivity contribution in [2.75, 3.05) is 0 Å². The van der Waals surface area contributed by atoms with Crippen LogP contribution in [0.2, 0.25) is 0 Å². The summed E-state index contributed by atoms with van der Waals surface area (Å²) in [6, 6.07) is 0. The third kappa shape index (κ3) is 2.24. The highest BCUT2D eigenvalue weighted by molar-refractivity contribution is 5.73. The molecule has 6 unspecified atom stereocenters. The number of rotatable bonds is 2. The van der Waals surface area contributed by atoms with Crippen molar-refractivity contribution in [3.05, 3.63) is 0 Å². The largest absolute Gasteiger partial charge is 0.453 e. The van der Waals surface area contributed by atoms with E-state index in [1.165, 1.54) is 0 Å². The first-order valence-corrected chi connectivity index (χ1v) is 6.49. The van der Waals surface area contributed by atoms with Crippen LogP contribution in [0.3, 0.4) is 0 Å². The number of hydrogen-bond donors (Lipinski definition) is 0. The topological polar surface area (TPSA) is 26.3 Å². The van der Waals surface area contributed by atoms with E-state index in [1.807, 2.05) is 0 Å².